The van der Waals surface area contributed by atoms with Gasteiger partial charge >= 0.3 is 0 Å². The van der Waals surface area contributed by atoms with E-state index < -0.39 is 0 Å². The third-order valence-electron chi connectivity index (χ3n) is 2.68. The Labute approximate surface area is 120 Å². The summed E-state index contributed by atoms with van der Waals surface area (Å²) in [4.78, 5) is 17.7. The Kier molecular flexibility index (Phi) is 3.93. The van der Waals surface area contributed by atoms with Crippen molar-refractivity contribution in [2.24, 2.45) is 0 Å². The van der Waals surface area contributed by atoms with Crippen molar-refractivity contribution in [2.45, 2.75) is 0 Å². The Hall–Kier alpha value is -1.78. The van der Waals surface area contributed by atoms with Crippen LogP contribution in [0.2, 0.25) is 10.0 Å². The van der Waals surface area contributed by atoms with E-state index in [1.807, 2.05) is 0 Å². The van der Waals surface area contributed by atoms with Crippen molar-refractivity contribution in [3.05, 3.63) is 52.3 Å². The number of hydrogen-bond acceptors (Lipinski definition) is 3. The Balaban J connectivity index is 2.35. The highest BCUT2D eigenvalue weighted by atomic mass is 35.5. The van der Waals surface area contributed by atoms with E-state index in [9.17, 15) is 4.79 Å². The van der Waals surface area contributed by atoms with Crippen LogP contribution >= 0.6 is 23.2 Å². The highest BCUT2D eigenvalue weighted by Crippen LogP contribution is 2.29. The number of carbonyl (C=O) groups excluding carboxylic acids is 1. The molecule has 2 N–H and O–H groups in total. The molecule has 98 valence electrons. The van der Waals surface area contributed by atoms with Gasteiger partial charge in [-0.15, -0.1) is 0 Å². The number of amides is 1. The van der Waals surface area contributed by atoms with Crippen molar-refractivity contribution in [2.75, 3.05) is 17.7 Å². The van der Waals surface area contributed by atoms with Crippen molar-refractivity contribution in [3.63, 3.8) is 0 Å². The van der Waals surface area contributed by atoms with Crippen molar-refractivity contribution in [1.29, 1.82) is 0 Å². The summed E-state index contributed by atoms with van der Waals surface area (Å²) in [6, 6.07) is 6.47. The molecule has 0 saturated heterocycles. The summed E-state index contributed by atoms with van der Waals surface area (Å²) in [6.45, 7) is 0. The molecule has 6 heteroatoms. The van der Waals surface area contributed by atoms with E-state index in [-0.39, 0.29) is 21.6 Å². The zero-order valence-electron chi connectivity index (χ0n) is 10.1. The second-order valence-corrected chi connectivity index (χ2v) is 4.74. The summed E-state index contributed by atoms with van der Waals surface area (Å²) in [5, 5.41) is 0.526. The molecule has 0 bridgehead atoms. The lowest BCUT2D eigenvalue weighted by Gasteiger charge is -2.17. The van der Waals surface area contributed by atoms with Gasteiger partial charge in [0, 0.05) is 30.7 Å². The summed E-state index contributed by atoms with van der Waals surface area (Å²) in [5.41, 5.74) is 7.02. The van der Waals surface area contributed by atoms with Gasteiger partial charge in [-0.25, -0.2) is 0 Å². The van der Waals surface area contributed by atoms with E-state index in [1.54, 1.807) is 31.6 Å². The quantitative estimate of drug-likeness (QED) is 0.865. The molecule has 2 rings (SSSR count). The second kappa shape index (κ2) is 5.47. The van der Waals surface area contributed by atoms with Gasteiger partial charge in [-0.1, -0.05) is 23.2 Å². The minimum atomic E-state index is -0.227. The number of aromatic nitrogens is 1. The number of halogens is 2. The van der Waals surface area contributed by atoms with E-state index in [2.05, 4.69) is 4.98 Å². The lowest BCUT2D eigenvalue weighted by molar-refractivity contribution is 0.0993. The summed E-state index contributed by atoms with van der Waals surface area (Å²) in [6.07, 6.45) is 3.23. The molecular formula is C13H11Cl2N3O. The van der Waals surface area contributed by atoms with Crippen molar-refractivity contribution in [1.82, 2.24) is 4.98 Å². The van der Waals surface area contributed by atoms with Gasteiger partial charge in [0.25, 0.3) is 5.91 Å². The first-order valence-electron chi connectivity index (χ1n) is 5.43. The fourth-order valence-electron chi connectivity index (χ4n) is 1.59. The first-order chi connectivity index (χ1) is 9.00. The largest absolute Gasteiger partial charge is 0.396 e. The molecule has 0 atom stereocenters. The number of benzene rings is 1. The van der Waals surface area contributed by atoms with E-state index in [4.69, 9.17) is 28.9 Å². The Bertz CT molecular complexity index is 594. The smallest absolute Gasteiger partial charge is 0.258 e. The number of hydrogen-bond donors (Lipinski definition) is 1. The maximum Gasteiger partial charge on any atom is 0.258 e. The minimum Gasteiger partial charge on any atom is -0.396 e. The molecule has 0 aliphatic heterocycles. The summed E-state index contributed by atoms with van der Waals surface area (Å²) >= 11 is 11.8. The first-order valence-corrected chi connectivity index (χ1v) is 6.19. The molecule has 1 amide bonds. The molecule has 4 nitrogen and oxygen atoms in total. The number of nitrogens with two attached hydrogens (primary N) is 1. The van der Waals surface area contributed by atoms with Crippen LogP contribution in [0.15, 0.2) is 36.7 Å². The van der Waals surface area contributed by atoms with Crippen LogP contribution in [0.3, 0.4) is 0 Å². The Morgan fingerprint density at radius 2 is 1.74 bits per heavy atom. The first kappa shape index (κ1) is 13.6. The van der Waals surface area contributed by atoms with Crippen LogP contribution in [0.25, 0.3) is 0 Å². The molecule has 0 spiro atoms. The van der Waals surface area contributed by atoms with Gasteiger partial charge in [0.2, 0.25) is 0 Å². The molecule has 0 unspecified atom stereocenters. The fourth-order valence-corrected chi connectivity index (χ4v) is 2.07. The topological polar surface area (TPSA) is 59.2 Å². The molecular weight excluding hydrogens is 285 g/mol. The van der Waals surface area contributed by atoms with E-state index in [1.165, 1.54) is 17.0 Å². The summed E-state index contributed by atoms with van der Waals surface area (Å²) < 4.78 is 0. The number of anilines is 2. The van der Waals surface area contributed by atoms with Crippen LogP contribution in [-0.2, 0) is 0 Å². The zero-order chi connectivity index (χ0) is 14.0. The van der Waals surface area contributed by atoms with Crippen LogP contribution in [0, 0.1) is 0 Å². The molecule has 0 fully saturated rings. The molecule has 19 heavy (non-hydrogen) atoms. The Morgan fingerprint density at radius 3 is 2.26 bits per heavy atom. The Morgan fingerprint density at radius 1 is 1.21 bits per heavy atom. The van der Waals surface area contributed by atoms with Gasteiger partial charge < -0.3 is 10.6 Å². The maximum absolute atomic E-state index is 12.3. The third kappa shape index (κ3) is 2.80. The van der Waals surface area contributed by atoms with Crippen molar-refractivity contribution >= 4 is 40.5 Å². The van der Waals surface area contributed by atoms with Crippen LogP contribution < -0.4 is 10.6 Å². The van der Waals surface area contributed by atoms with Gasteiger partial charge in [0.15, 0.2) is 0 Å². The lowest BCUT2D eigenvalue weighted by atomic mass is 10.1. The average Bonchev–Trinajstić information content (AvgIpc) is 2.43. The van der Waals surface area contributed by atoms with Crippen LogP contribution in [0.1, 0.15) is 10.4 Å². The van der Waals surface area contributed by atoms with Crippen molar-refractivity contribution in [3.8, 4) is 0 Å². The molecule has 1 aromatic carbocycles. The predicted octanol–water partition coefficient (Wildman–Crippen LogP) is 3.25. The van der Waals surface area contributed by atoms with Crippen LogP contribution in [0.5, 0.6) is 0 Å². The number of pyridine rings is 1. The third-order valence-corrected chi connectivity index (χ3v) is 3.31. The fraction of sp³-hybridized carbons (Fsp3) is 0.0769. The molecule has 0 aliphatic rings. The van der Waals surface area contributed by atoms with Gasteiger partial charge in [-0.05, 0) is 24.3 Å². The molecule has 1 heterocycles. The maximum atomic E-state index is 12.3. The van der Waals surface area contributed by atoms with Gasteiger partial charge in [0.1, 0.15) is 0 Å². The average molecular weight is 296 g/mol. The van der Waals surface area contributed by atoms with E-state index in [0.717, 1.165) is 5.69 Å². The highest BCUT2D eigenvalue weighted by Gasteiger charge is 2.16. The molecule has 0 aliphatic carbocycles. The number of nitrogen functional groups attached to an aromatic ring is 1. The van der Waals surface area contributed by atoms with Crippen LogP contribution in [-0.4, -0.2) is 17.9 Å². The predicted molar refractivity (Wildman–Crippen MR) is 77.8 cm³/mol. The van der Waals surface area contributed by atoms with Gasteiger partial charge in [-0.3, -0.25) is 9.78 Å². The zero-order valence-corrected chi connectivity index (χ0v) is 11.6. The second-order valence-electron chi connectivity index (χ2n) is 3.92. The number of nitrogens with zero attached hydrogens (tertiary/aromatic N) is 2. The van der Waals surface area contributed by atoms with Crippen molar-refractivity contribution < 1.29 is 4.79 Å². The standard InChI is InChI=1S/C13H11Cl2N3O/c1-18(9-2-4-17-5-3-9)13(19)8-6-10(14)12(16)11(15)7-8/h2-7H,16H2,1H3. The van der Waals surface area contributed by atoms with Crippen LogP contribution in [0.4, 0.5) is 11.4 Å². The van der Waals surface area contributed by atoms with E-state index in [0.29, 0.717) is 5.56 Å². The monoisotopic (exact) mass is 295 g/mol. The summed E-state index contributed by atoms with van der Waals surface area (Å²) in [5.74, 6) is -0.227. The molecule has 0 radical (unpaired) electrons. The summed E-state index contributed by atoms with van der Waals surface area (Å²) in [7, 11) is 1.66. The number of rotatable bonds is 2. The molecule has 0 saturated carbocycles. The van der Waals surface area contributed by atoms with Gasteiger partial charge in [-0.2, -0.15) is 0 Å². The molecule has 2 aromatic rings. The van der Waals surface area contributed by atoms with E-state index >= 15 is 0 Å². The lowest BCUT2D eigenvalue weighted by Crippen LogP contribution is -2.26. The highest BCUT2D eigenvalue weighted by molar-refractivity contribution is 6.39. The SMILES string of the molecule is CN(C(=O)c1cc(Cl)c(N)c(Cl)c1)c1ccncc1. The molecule has 1 aromatic heterocycles. The van der Waals surface area contributed by atoms with Gasteiger partial charge in [0.05, 0.1) is 15.7 Å². The normalized spacial score (nSPS) is 10.3. The minimum absolute atomic E-state index is 0.227. The number of carbonyl (C=O) groups is 1.